The van der Waals surface area contributed by atoms with Gasteiger partial charge < -0.3 is 15.4 Å². The molecule has 0 aromatic heterocycles. The van der Waals surface area contributed by atoms with Gasteiger partial charge in [-0.2, -0.15) is 13.2 Å². The highest BCUT2D eigenvalue weighted by Crippen LogP contribution is 2.26. The lowest BCUT2D eigenvalue weighted by molar-refractivity contribution is -0.130. The first kappa shape index (κ1) is 20.9. The largest absolute Gasteiger partial charge is 0.388 e. The summed E-state index contributed by atoms with van der Waals surface area (Å²) in [6.07, 6.45) is 4.50. The average Bonchev–Trinajstić information content (AvgIpc) is 2.61. The van der Waals surface area contributed by atoms with Gasteiger partial charge >= 0.3 is 6.18 Å². The summed E-state index contributed by atoms with van der Waals surface area (Å²) in [4.78, 5) is 15.9. The SMILES string of the molecule is CCC(F)(F)F.CN=C(NC1(C=O)CCNCC1)C1CCCCC1. The van der Waals surface area contributed by atoms with Crippen molar-refractivity contribution in [3.05, 3.63) is 0 Å². The van der Waals surface area contributed by atoms with E-state index in [0.29, 0.717) is 5.92 Å². The summed E-state index contributed by atoms with van der Waals surface area (Å²) in [7, 11) is 1.84. The third-order valence-corrected chi connectivity index (χ3v) is 4.73. The van der Waals surface area contributed by atoms with E-state index < -0.39 is 12.6 Å². The third kappa shape index (κ3) is 7.20. The fourth-order valence-electron chi connectivity index (χ4n) is 3.12. The van der Waals surface area contributed by atoms with Crippen LogP contribution in [-0.4, -0.2) is 44.0 Å². The Kier molecular flexibility index (Phi) is 8.73. The molecule has 0 amide bonds. The molecule has 2 fully saturated rings. The first-order chi connectivity index (χ1) is 11.4. The molecule has 0 unspecified atom stereocenters. The zero-order chi connectivity index (χ0) is 18.1. The fraction of sp³-hybridized carbons (Fsp3) is 0.882. The van der Waals surface area contributed by atoms with Crippen LogP contribution in [0, 0.1) is 5.92 Å². The second-order valence-electron chi connectivity index (χ2n) is 6.56. The highest BCUT2D eigenvalue weighted by atomic mass is 19.4. The normalized spacial score (nSPS) is 22.3. The van der Waals surface area contributed by atoms with Crippen molar-refractivity contribution in [3.8, 4) is 0 Å². The summed E-state index contributed by atoms with van der Waals surface area (Å²) in [5.74, 6) is 1.60. The number of nitrogens with zero attached hydrogens (tertiary/aromatic N) is 1. The number of amidine groups is 1. The zero-order valence-electron chi connectivity index (χ0n) is 14.7. The molecular formula is C17H30F3N3O. The summed E-state index contributed by atoms with van der Waals surface area (Å²) in [6.45, 7) is 2.90. The number of carbonyl (C=O) groups excluding carboxylic acids is 1. The molecule has 0 aromatic rings. The highest BCUT2D eigenvalue weighted by molar-refractivity contribution is 5.88. The van der Waals surface area contributed by atoms with E-state index in [9.17, 15) is 18.0 Å². The van der Waals surface area contributed by atoms with Gasteiger partial charge in [0.2, 0.25) is 0 Å². The number of hydrogen-bond acceptors (Lipinski definition) is 3. The quantitative estimate of drug-likeness (QED) is 0.466. The molecule has 24 heavy (non-hydrogen) atoms. The maximum absolute atomic E-state index is 11.5. The Labute approximate surface area is 142 Å². The van der Waals surface area contributed by atoms with Gasteiger partial charge in [0.1, 0.15) is 6.29 Å². The van der Waals surface area contributed by atoms with Gasteiger partial charge in [-0.05, 0) is 38.8 Å². The maximum Gasteiger partial charge on any atom is 0.388 e. The van der Waals surface area contributed by atoms with Crippen LogP contribution in [0.25, 0.3) is 0 Å². The van der Waals surface area contributed by atoms with Gasteiger partial charge in [-0.25, -0.2) is 0 Å². The molecule has 140 valence electrons. The minimum absolute atomic E-state index is 0.377. The van der Waals surface area contributed by atoms with Crippen LogP contribution in [0.4, 0.5) is 13.2 Å². The predicted molar refractivity (Wildman–Crippen MR) is 90.3 cm³/mol. The van der Waals surface area contributed by atoms with Gasteiger partial charge in [0.25, 0.3) is 0 Å². The molecule has 2 aliphatic rings. The average molecular weight is 349 g/mol. The molecule has 2 N–H and O–H groups in total. The number of rotatable bonds is 3. The number of aliphatic imine (C=N–C) groups is 1. The number of nitrogens with one attached hydrogen (secondary N) is 2. The van der Waals surface area contributed by atoms with Gasteiger partial charge in [-0.3, -0.25) is 4.99 Å². The summed E-state index contributed by atoms with van der Waals surface area (Å²) in [6, 6.07) is 0. The monoisotopic (exact) mass is 349 g/mol. The molecular weight excluding hydrogens is 319 g/mol. The number of carbonyl (C=O) groups is 1. The topological polar surface area (TPSA) is 53.5 Å². The number of aldehydes is 1. The maximum atomic E-state index is 11.5. The smallest absolute Gasteiger partial charge is 0.361 e. The molecule has 0 atom stereocenters. The molecule has 7 heteroatoms. The minimum Gasteiger partial charge on any atom is -0.361 e. The molecule has 1 saturated carbocycles. The van der Waals surface area contributed by atoms with Gasteiger partial charge in [-0.15, -0.1) is 0 Å². The van der Waals surface area contributed by atoms with Crippen LogP contribution >= 0.6 is 0 Å². The second-order valence-corrected chi connectivity index (χ2v) is 6.56. The van der Waals surface area contributed by atoms with Crippen molar-refractivity contribution in [2.75, 3.05) is 20.1 Å². The number of piperidine rings is 1. The molecule has 1 saturated heterocycles. The lowest BCUT2D eigenvalue weighted by Crippen LogP contribution is -2.57. The van der Waals surface area contributed by atoms with Crippen LogP contribution in [0.1, 0.15) is 58.3 Å². The van der Waals surface area contributed by atoms with Crippen LogP contribution in [0.15, 0.2) is 4.99 Å². The molecule has 0 bridgehead atoms. The van der Waals surface area contributed by atoms with Crippen molar-refractivity contribution >= 4 is 12.1 Å². The van der Waals surface area contributed by atoms with E-state index in [2.05, 4.69) is 15.6 Å². The van der Waals surface area contributed by atoms with Gasteiger partial charge in [0.15, 0.2) is 0 Å². The lowest BCUT2D eigenvalue weighted by Gasteiger charge is -2.37. The Bertz CT molecular complexity index is 398. The molecule has 0 radical (unpaired) electrons. The fourth-order valence-corrected chi connectivity index (χ4v) is 3.12. The van der Waals surface area contributed by atoms with Crippen molar-refractivity contribution in [2.45, 2.75) is 70.0 Å². The van der Waals surface area contributed by atoms with E-state index in [4.69, 9.17) is 0 Å². The van der Waals surface area contributed by atoms with Crippen molar-refractivity contribution < 1.29 is 18.0 Å². The van der Waals surface area contributed by atoms with Crippen LogP contribution in [0.2, 0.25) is 0 Å². The van der Waals surface area contributed by atoms with Crippen LogP contribution in [-0.2, 0) is 4.79 Å². The molecule has 1 aliphatic carbocycles. The summed E-state index contributed by atoms with van der Waals surface area (Å²) in [5, 5.41) is 6.79. The zero-order valence-corrected chi connectivity index (χ0v) is 14.7. The van der Waals surface area contributed by atoms with Gasteiger partial charge in [0.05, 0.1) is 11.4 Å². The number of hydrogen-bond donors (Lipinski definition) is 2. The Balaban J connectivity index is 0.000000413. The van der Waals surface area contributed by atoms with E-state index in [1.165, 1.54) is 32.1 Å². The van der Waals surface area contributed by atoms with E-state index >= 15 is 0 Å². The molecule has 1 aliphatic heterocycles. The first-order valence-corrected chi connectivity index (χ1v) is 8.84. The molecule has 0 spiro atoms. The summed E-state index contributed by atoms with van der Waals surface area (Å²) < 4.78 is 32.4. The van der Waals surface area contributed by atoms with E-state index in [1.807, 2.05) is 7.05 Å². The molecule has 4 nitrogen and oxygen atoms in total. The highest BCUT2D eigenvalue weighted by Gasteiger charge is 2.34. The van der Waals surface area contributed by atoms with Crippen LogP contribution in [0.3, 0.4) is 0 Å². The Hall–Kier alpha value is -1.11. The lowest BCUT2D eigenvalue weighted by atomic mass is 9.85. The van der Waals surface area contributed by atoms with E-state index in [1.54, 1.807) is 0 Å². The number of alkyl halides is 3. The van der Waals surface area contributed by atoms with Crippen molar-refractivity contribution in [3.63, 3.8) is 0 Å². The van der Waals surface area contributed by atoms with Crippen molar-refractivity contribution in [1.82, 2.24) is 10.6 Å². The second kappa shape index (κ2) is 10.0. The summed E-state index contributed by atoms with van der Waals surface area (Å²) in [5.41, 5.74) is -0.377. The Morgan fingerprint density at radius 2 is 1.79 bits per heavy atom. The summed E-state index contributed by atoms with van der Waals surface area (Å²) >= 11 is 0. The van der Waals surface area contributed by atoms with Gasteiger partial charge in [0, 0.05) is 19.4 Å². The molecule has 0 aromatic carbocycles. The van der Waals surface area contributed by atoms with Crippen LogP contribution < -0.4 is 10.6 Å². The molecule has 1 heterocycles. The van der Waals surface area contributed by atoms with E-state index in [0.717, 1.165) is 45.0 Å². The Morgan fingerprint density at radius 1 is 1.25 bits per heavy atom. The standard InChI is InChI=1S/C14H25N3O.C3H5F3/c1-15-13(12-5-3-2-4-6-12)17-14(11-18)7-9-16-10-8-14;1-2-3(4,5)6/h11-12,16H,2-10H2,1H3,(H,15,17);2H2,1H3. The van der Waals surface area contributed by atoms with Crippen LogP contribution in [0.5, 0.6) is 0 Å². The van der Waals surface area contributed by atoms with Crippen molar-refractivity contribution in [2.24, 2.45) is 10.9 Å². The predicted octanol–water partition coefficient (Wildman–Crippen LogP) is 3.46. The Morgan fingerprint density at radius 3 is 2.21 bits per heavy atom. The van der Waals surface area contributed by atoms with Crippen molar-refractivity contribution in [1.29, 1.82) is 0 Å². The van der Waals surface area contributed by atoms with E-state index in [-0.39, 0.29) is 5.54 Å². The van der Waals surface area contributed by atoms with Gasteiger partial charge in [-0.1, -0.05) is 26.2 Å². The first-order valence-electron chi connectivity index (χ1n) is 8.84. The molecule has 2 rings (SSSR count). The third-order valence-electron chi connectivity index (χ3n) is 4.73. The number of halogens is 3. The minimum atomic E-state index is -3.96.